The Balaban J connectivity index is 2.62. The number of carbonyl (C=O) groups is 2. The Bertz CT molecular complexity index is 257. The monoisotopic (exact) mass is 231 g/mol. The minimum absolute atomic E-state index is 0.0192. The molecule has 1 rings (SSSR count). The molecule has 0 saturated carbocycles. The first-order valence-electron chi connectivity index (χ1n) is 5.19. The molecule has 1 fully saturated rings. The predicted molar refractivity (Wildman–Crippen MR) is 59.7 cm³/mol. The van der Waals surface area contributed by atoms with Gasteiger partial charge in [0.1, 0.15) is 6.04 Å². The van der Waals surface area contributed by atoms with Crippen molar-refractivity contribution in [2.75, 3.05) is 11.6 Å². The van der Waals surface area contributed by atoms with Crippen LogP contribution < -0.4 is 0 Å². The zero-order chi connectivity index (χ0) is 11.4. The summed E-state index contributed by atoms with van der Waals surface area (Å²) in [6, 6.07) is -0.623. The van der Waals surface area contributed by atoms with Crippen LogP contribution in [0.25, 0.3) is 0 Å². The Morgan fingerprint density at radius 3 is 2.80 bits per heavy atom. The summed E-state index contributed by atoms with van der Waals surface area (Å²) in [4.78, 5) is 24.3. The van der Waals surface area contributed by atoms with E-state index in [-0.39, 0.29) is 11.8 Å². The Kier molecular flexibility index (Phi) is 4.45. The third kappa shape index (κ3) is 2.87. The topological polar surface area (TPSA) is 57.6 Å². The SMILES string of the molecule is CCCC(C)C(=O)N1CSCC1C(=O)O. The van der Waals surface area contributed by atoms with Crippen molar-refractivity contribution in [1.82, 2.24) is 4.90 Å². The van der Waals surface area contributed by atoms with E-state index in [2.05, 4.69) is 0 Å². The maximum absolute atomic E-state index is 11.9. The quantitative estimate of drug-likeness (QED) is 0.794. The normalized spacial score (nSPS) is 22.8. The van der Waals surface area contributed by atoms with Crippen LogP contribution in [0.2, 0.25) is 0 Å². The minimum atomic E-state index is -0.892. The minimum Gasteiger partial charge on any atom is -0.480 e. The van der Waals surface area contributed by atoms with E-state index in [1.807, 2.05) is 13.8 Å². The first-order chi connectivity index (χ1) is 7.07. The van der Waals surface area contributed by atoms with Crippen molar-refractivity contribution in [2.24, 2.45) is 5.92 Å². The molecule has 1 heterocycles. The average Bonchev–Trinajstić information content (AvgIpc) is 2.65. The summed E-state index contributed by atoms with van der Waals surface area (Å²) in [6.45, 7) is 3.89. The van der Waals surface area contributed by atoms with Crippen LogP contribution in [0, 0.1) is 5.92 Å². The predicted octanol–water partition coefficient (Wildman–Crippen LogP) is 1.41. The second kappa shape index (κ2) is 5.39. The van der Waals surface area contributed by atoms with Crippen molar-refractivity contribution in [3.8, 4) is 0 Å². The Morgan fingerprint density at radius 2 is 2.27 bits per heavy atom. The molecule has 0 spiro atoms. The van der Waals surface area contributed by atoms with Crippen molar-refractivity contribution in [3.63, 3.8) is 0 Å². The van der Waals surface area contributed by atoms with Crippen LogP contribution >= 0.6 is 11.8 Å². The summed E-state index contributed by atoms with van der Waals surface area (Å²) >= 11 is 1.51. The lowest BCUT2D eigenvalue weighted by Gasteiger charge is -2.23. The van der Waals surface area contributed by atoms with Crippen molar-refractivity contribution >= 4 is 23.6 Å². The number of amides is 1. The van der Waals surface area contributed by atoms with Gasteiger partial charge in [-0.3, -0.25) is 4.79 Å². The molecule has 1 N–H and O–H groups in total. The van der Waals surface area contributed by atoms with Gasteiger partial charge < -0.3 is 10.0 Å². The summed E-state index contributed by atoms with van der Waals surface area (Å²) in [6.07, 6.45) is 1.78. The summed E-state index contributed by atoms with van der Waals surface area (Å²) in [5, 5.41) is 8.94. The highest BCUT2D eigenvalue weighted by atomic mass is 32.2. The summed E-state index contributed by atoms with van der Waals surface area (Å²) in [5.41, 5.74) is 0. The lowest BCUT2D eigenvalue weighted by atomic mass is 10.0. The molecule has 86 valence electrons. The van der Waals surface area contributed by atoms with Gasteiger partial charge in [-0.05, 0) is 6.42 Å². The summed E-state index contributed by atoms with van der Waals surface area (Å²) in [5.74, 6) is 0.0610. The lowest BCUT2D eigenvalue weighted by molar-refractivity contribution is -0.149. The molecule has 2 unspecified atom stereocenters. The summed E-state index contributed by atoms with van der Waals surface area (Å²) < 4.78 is 0. The number of carboxylic acids is 1. The van der Waals surface area contributed by atoms with Crippen LogP contribution in [-0.4, -0.2) is 39.6 Å². The fourth-order valence-corrected chi connectivity index (χ4v) is 2.86. The largest absolute Gasteiger partial charge is 0.480 e. The first kappa shape index (κ1) is 12.4. The molecule has 2 atom stereocenters. The van der Waals surface area contributed by atoms with Gasteiger partial charge in [-0.2, -0.15) is 0 Å². The Hall–Kier alpha value is -0.710. The van der Waals surface area contributed by atoms with E-state index in [9.17, 15) is 9.59 Å². The highest BCUT2D eigenvalue weighted by Gasteiger charge is 2.35. The smallest absolute Gasteiger partial charge is 0.327 e. The molecular formula is C10H17NO3S. The van der Waals surface area contributed by atoms with Gasteiger partial charge in [0.2, 0.25) is 5.91 Å². The van der Waals surface area contributed by atoms with E-state index in [1.165, 1.54) is 16.7 Å². The second-order valence-electron chi connectivity index (χ2n) is 3.85. The molecule has 15 heavy (non-hydrogen) atoms. The summed E-state index contributed by atoms with van der Waals surface area (Å²) in [7, 11) is 0. The number of thioether (sulfide) groups is 1. The average molecular weight is 231 g/mol. The van der Waals surface area contributed by atoms with Crippen LogP contribution in [-0.2, 0) is 9.59 Å². The second-order valence-corrected chi connectivity index (χ2v) is 4.85. The maximum atomic E-state index is 11.9. The van der Waals surface area contributed by atoms with Gasteiger partial charge >= 0.3 is 5.97 Å². The van der Waals surface area contributed by atoms with E-state index >= 15 is 0 Å². The number of hydrogen-bond acceptors (Lipinski definition) is 3. The molecule has 0 aromatic heterocycles. The van der Waals surface area contributed by atoms with Crippen molar-refractivity contribution in [3.05, 3.63) is 0 Å². The van der Waals surface area contributed by atoms with Gasteiger partial charge in [0, 0.05) is 11.7 Å². The number of hydrogen-bond donors (Lipinski definition) is 1. The zero-order valence-electron chi connectivity index (χ0n) is 9.10. The molecule has 0 aliphatic carbocycles. The molecule has 1 aliphatic rings. The van der Waals surface area contributed by atoms with Crippen molar-refractivity contribution in [1.29, 1.82) is 0 Å². The fraction of sp³-hybridized carbons (Fsp3) is 0.800. The van der Waals surface area contributed by atoms with Gasteiger partial charge in [0.05, 0.1) is 5.88 Å². The van der Waals surface area contributed by atoms with Crippen LogP contribution in [0.15, 0.2) is 0 Å². The van der Waals surface area contributed by atoms with E-state index < -0.39 is 12.0 Å². The molecule has 0 aromatic rings. The van der Waals surface area contributed by atoms with E-state index in [4.69, 9.17) is 5.11 Å². The highest BCUT2D eigenvalue weighted by Crippen LogP contribution is 2.24. The molecule has 0 aromatic carbocycles. The van der Waals surface area contributed by atoms with Crippen LogP contribution in [0.5, 0.6) is 0 Å². The van der Waals surface area contributed by atoms with Crippen molar-refractivity contribution in [2.45, 2.75) is 32.7 Å². The van der Waals surface area contributed by atoms with Crippen molar-refractivity contribution < 1.29 is 14.7 Å². The molecular weight excluding hydrogens is 214 g/mol. The molecule has 1 aliphatic heterocycles. The lowest BCUT2D eigenvalue weighted by Crippen LogP contribution is -2.44. The van der Waals surface area contributed by atoms with Gasteiger partial charge in [-0.15, -0.1) is 11.8 Å². The van der Waals surface area contributed by atoms with Crippen LogP contribution in [0.1, 0.15) is 26.7 Å². The fourth-order valence-electron chi connectivity index (χ4n) is 1.70. The molecule has 1 amide bonds. The van der Waals surface area contributed by atoms with Crippen LogP contribution in [0.3, 0.4) is 0 Å². The highest BCUT2D eigenvalue weighted by molar-refractivity contribution is 7.99. The Labute approximate surface area is 94.0 Å². The Morgan fingerprint density at radius 1 is 1.60 bits per heavy atom. The van der Waals surface area contributed by atoms with Gasteiger partial charge in [0.15, 0.2) is 0 Å². The standard InChI is InChI=1S/C10H17NO3S/c1-3-4-7(2)9(12)11-6-15-5-8(11)10(13)14/h7-8H,3-6H2,1-2H3,(H,13,14). The number of aliphatic carboxylic acids is 1. The van der Waals surface area contributed by atoms with Gasteiger partial charge in [0.25, 0.3) is 0 Å². The van der Waals surface area contributed by atoms with Gasteiger partial charge in [-0.25, -0.2) is 4.79 Å². The number of carbonyl (C=O) groups excluding carboxylic acids is 1. The van der Waals surface area contributed by atoms with Crippen LogP contribution in [0.4, 0.5) is 0 Å². The van der Waals surface area contributed by atoms with E-state index in [1.54, 1.807) is 0 Å². The molecule has 0 bridgehead atoms. The van der Waals surface area contributed by atoms with Gasteiger partial charge in [-0.1, -0.05) is 20.3 Å². The molecule has 1 saturated heterocycles. The number of rotatable bonds is 4. The number of nitrogens with zero attached hydrogens (tertiary/aromatic N) is 1. The molecule has 5 heteroatoms. The first-order valence-corrected chi connectivity index (χ1v) is 6.34. The van der Waals surface area contributed by atoms with E-state index in [0.717, 1.165) is 12.8 Å². The third-order valence-electron chi connectivity index (χ3n) is 2.59. The molecule has 4 nitrogen and oxygen atoms in total. The molecule has 0 radical (unpaired) electrons. The maximum Gasteiger partial charge on any atom is 0.327 e. The zero-order valence-corrected chi connectivity index (χ0v) is 9.92. The third-order valence-corrected chi connectivity index (χ3v) is 3.61. The van der Waals surface area contributed by atoms with E-state index in [0.29, 0.717) is 11.6 Å². The number of carboxylic acid groups (broad SMARTS) is 1.